The molecule has 2 aromatic carbocycles. The summed E-state index contributed by atoms with van der Waals surface area (Å²) in [4.78, 5) is 4.61. The van der Waals surface area contributed by atoms with Gasteiger partial charge in [-0.05, 0) is 61.2 Å². The van der Waals surface area contributed by atoms with Gasteiger partial charge in [0.15, 0.2) is 11.5 Å². The molecule has 1 heterocycles. The smallest absolute Gasteiger partial charge is 0.243 e. The maximum Gasteiger partial charge on any atom is 0.243 e. The number of benzene rings is 2. The zero-order valence-corrected chi connectivity index (χ0v) is 16.1. The van der Waals surface area contributed by atoms with E-state index in [-0.39, 0.29) is 16.4 Å². The zero-order chi connectivity index (χ0) is 19.4. The van der Waals surface area contributed by atoms with Gasteiger partial charge in [-0.3, -0.25) is 4.99 Å². The van der Waals surface area contributed by atoms with Crippen LogP contribution in [0.4, 0.5) is 5.69 Å². The standard InChI is InChI=1S/C20H24N2O4S/c1-15-6-8-17(21-14-16-7-9-18(23)19(24)12-16)13-20(15)27(25,26)22-10-4-2-3-5-11-22/h6-9,12-14,23-24H,2-5,10-11H2,1H3. The van der Waals surface area contributed by atoms with Gasteiger partial charge in [0.2, 0.25) is 10.0 Å². The van der Waals surface area contributed by atoms with E-state index in [4.69, 9.17) is 0 Å². The quantitative estimate of drug-likeness (QED) is 0.617. The van der Waals surface area contributed by atoms with E-state index in [9.17, 15) is 18.6 Å². The molecule has 0 spiro atoms. The number of rotatable bonds is 4. The molecule has 0 saturated carbocycles. The molecule has 6 nitrogen and oxygen atoms in total. The summed E-state index contributed by atoms with van der Waals surface area (Å²) in [7, 11) is -3.55. The average molecular weight is 388 g/mol. The van der Waals surface area contributed by atoms with Crippen LogP contribution >= 0.6 is 0 Å². The molecule has 1 saturated heterocycles. The van der Waals surface area contributed by atoms with Crippen molar-refractivity contribution in [2.24, 2.45) is 4.99 Å². The van der Waals surface area contributed by atoms with Crippen molar-refractivity contribution in [2.75, 3.05) is 13.1 Å². The second-order valence-corrected chi connectivity index (χ2v) is 8.68. The number of hydrogen-bond donors (Lipinski definition) is 2. The molecular formula is C20H24N2O4S. The Morgan fingerprint density at radius 1 is 0.963 bits per heavy atom. The van der Waals surface area contributed by atoms with Crippen LogP contribution in [-0.2, 0) is 10.0 Å². The molecule has 3 rings (SSSR count). The van der Waals surface area contributed by atoms with Crippen LogP contribution in [0.3, 0.4) is 0 Å². The van der Waals surface area contributed by atoms with E-state index in [2.05, 4.69) is 4.99 Å². The van der Waals surface area contributed by atoms with Crippen LogP contribution < -0.4 is 0 Å². The van der Waals surface area contributed by atoms with E-state index in [1.54, 1.807) is 35.5 Å². The van der Waals surface area contributed by atoms with Crippen molar-refractivity contribution in [1.82, 2.24) is 4.31 Å². The summed E-state index contributed by atoms with van der Waals surface area (Å²) in [6.45, 7) is 2.90. The van der Waals surface area contributed by atoms with E-state index in [1.807, 2.05) is 0 Å². The fourth-order valence-electron chi connectivity index (χ4n) is 3.14. The van der Waals surface area contributed by atoms with Gasteiger partial charge in [0.05, 0.1) is 10.6 Å². The summed E-state index contributed by atoms with van der Waals surface area (Å²) >= 11 is 0. The minimum absolute atomic E-state index is 0.201. The summed E-state index contributed by atoms with van der Waals surface area (Å²) in [6.07, 6.45) is 5.43. The maximum absolute atomic E-state index is 13.1. The third-order valence-electron chi connectivity index (χ3n) is 4.72. The van der Waals surface area contributed by atoms with Crippen molar-refractivity contribution in [3.8, 4) is 11.5 Å². The molecule has 27 heavy (non-hydrogen) atoms. The summed E-state index contributed by atoms with van der Waals surface area (Å²) in [5.74, 6) is -0.430. The lowest BCUT2D eigenvalue weighted by atomic mass is 10.2. The maximum atomic E-state index is 13.1. The van der Waals surface area contributed by atoms with Gasteiger partial charge in [0.1, 0.15) is 0 Å². The van der Waals surface area contributed by atoms with Crippen LogP contribution in [0.5, 0.6) is 11.5 Å². The zero-order valence-electron chi connectivity index (χ0n) is 15.3. The predicted octanol–water partition coefficient (Wildman–Crippen LogP) is 3.72. The van der Waals surface area contributed by atoms with Crippen molar-refractivity contribution in [2.45, 2.75) is 37.5 Å². The molecule has 0 unspecified atom stereocenters. The first-order valence-electron chi connectivity index (χ1n) is 9.05. The van der Waals surface area contributed by atoms with Gasteiger partial charge in [-0.25, -0.2) is 8.42 Å². The monoisotopic (exact) mass is 388 g/mol. The van der Waals surface area contributed by atoms with Gasteiger partial charge in [-0.2, -0.15) is 4.31 Å². The summed E-state index contributed by atoms with van der Waals surface area (Å²) in [5.41, 5.74) is 1.81. The molecule has 1 aliphatic rings. The number of hydrogen-bond acceptors (Lipinski definition) is 5. The largest absolute Gasteiger partial charge is 0.504 e. The van der Waals surface area contributed by atoms with Crippen LogP contribution in [0.25, 0.3) is 0 Å². The van der Waals surface area contributed by atoms with Gasteiger partial charge < -0.3 is 10.2 Å². The average Bonchev–Trinajstić information content (AvgIpc) is 2.93. The van der Waals surface area contributed by atoms with Gasteiger partial charge >= 0.3 is 0 Å². The van der Waals surface area contributed by atoms with E-state index in [1.165, 1.54) is 18.3 Å². The molecule has 0 bridgehead atoms. The van der Waals surface area contributed by atoms with Gasteiger partial charge in [0.25, 0.3) is 0 Å². The van der Waals surface area contributed by atoms with E-state index >= 15 is 0 Å². The van der Waals surface area contributed by atoms with Gasteiger partial charge in [-0.15, -0.1) is 0 Å². The van der Waals surface area contributed by atoms with Crippen molar-refractivity contribution >= 4 is 21.9 Å². The molecule has 1 aliphatic heterocycles. The number of aromatic hydroxyl groups is 2. The Hall–Kier alpha value is -2.38. The van der Waals surface area contributed by atoms with Gasteiger partial charge in [-0.1, -0.05) is 18.9 Å². The first-order valence-corrected chi connectivity index (χ1v) is 10.5. The molecule has 2 N–H and O–H groups in total. The Morgan fingerprint density at radius 3 is 2.33 bits per heavy atom. The molecule has 7 heteroatoms. The molecular weight excluding hydrogens is 364 g/mol. The van der Waals surface area contributed by atoms with Crippen LogP contribution in [0.1, 0.15) is 36.8 Å². The molecule has 144 valence electrons. The number of sulfonamides is 1. The van der Waals surface area contributed by atoms with Crippen LogP contribution in [0, 0.1) is 6.92 Å². The predicted molar refractivity (Wildman–Crippen MR) is 105 cm³/mol. The second-order valence-electron chi connectivity index (χ2n) is 6.77. The van der Waals surface area contributed by atoms with E-state index in [0.717, 1.165) is 25.7 Å². The first kappa shape index (κ1) is 19.4. The number of phenolic OH excluding ortho intramolecular Hbond substituents is 2. The number of aliphatic imine (C=N–C) groups is 1. The van der Waals surface area contributed by atoms with Crippen molar-refractivity contribution in [3.05, 3.63) is 47.5 Å². The molecule has 0 amide bonds. The number of aryl methyl sites for hydroxylation is 1. The SMILES string of the molecule is Cc1ccc(N=Cc2ccc(O)c(O)c2)cc1S(=O)(=O)N1CCCCCC1. The highest BCUT2D eigenvalue weighted by molar-refractivity contribution is 7.89. The second kappa shape index (κ2) is 8.10. The number of nitrogens with zero attached hydrogens (tertiary/aromatic N) is 2. The minimum atomic E-state index is -3.55. The highest BCUT2D eigenvalue weighted by Crippen LogP contribution is 2.28. The molecule has 2 aromatic rings. The fourth-order valence-corrected chi connectivity index (χ4v) is 4.90. The Kier molecular flexibility index (Phi) is 5.82. The molecule has 0 radical (unpaired) electrons. The topological polar surface area (TPSA) is 90.2 Å². The summed E-state index contributed by atoms with van der Waals surface area (Å²) in [6, 6.07) is 9.48. The Bertz CT molecular complexity index is 946. The third-order valence-corrected chi connectivity index (χ3v) is 6.76. The summed E-state index contributed by atoms with van der Waals surface area (Å²) in [5, 5.41) is 18.9. The minimum Gasteiger partial charge on any atom is -0.504 e. The van der Waals surface area contributed by atoms with Gasteiger partial charge in [0, 0.05) is 19.3 Å². The fraction of sp³-hybridized carbons (Fsp3) is 0.350. The Balaban J connectivity index is 1.89. The molecule has 0 aromatic heterocycles. The lowest BCUT2D eigenvalue weighted by Crippen LogP contribution is -2.32. The van der Waals surface area contributed by atoms with Crippen molar-refractivity contribution in [3.63, 3.8) is 0 Å². The van der Waals surface area contributed by atoms with Crippen LogP contribution in [0.2, 0.25) is 0 Å². The molecule has 0 aliphatic carbocycles. The Labute approximate surface area is 159 Å². The summed E-state index contributed by atoms with van der Waals surface area (Å²) < 4.78 is 27.7. The number of phenols is 2. The van der Waals surface area contributed by atoms with E-state index < -0.39 is 10.0 Å². The highest BCUT2D eigenvalue weighted by Gasteiger charge is 2.26. The van der Waals surface area contributed by atoms with Crippen LogP contribution in [0.15, 0.2) is 46.3 Å². The highest BCUT2D eigenvalue weighted by atomic mass is 32.2. The Morgan fingerprint density at radius 2 is 1.67 bits per heavy atom. The molecule has 1 fully saturated rings. The van der Waals surface area contributed by atoms with Crippen LogP contribution in [-0.4, -0.2) is 42.2 Å². The van der Waals surface area contributed by atoms with Crippen molar-refractivity contribution in [1.29, 1.82) is 0 Å². The lowest BCUT2D eigenvalue weighted by Gasteiger charge is -2.21. The first-order chi connectivity index (χ1) is 12.9. The molecule has 0 atom stereocenters. The lowest BCUT2D eigenvalue weighted by molar-refractivity contribution is 0.403. The van der Waals surface area contributed by atoms with E-state index in [0.29, 0.717) is 29.9 Å². The third kappa shape index (κ3) is 4.48. The normalized spacial score (nSPS) is 16.5. The van der Waals surface area contributed by atoms with Crippen molar-refractivity contribution < 1.29 is 18.6 Å².